The van der Waals surface area contributed by atoms with Gasteiger partial charge in [-0.3, -0.25) is 9.47 Å². The number of benzene rings is 1. The fourth-order valence-corrected chi connectivity index (χ4v) is 6.52. The number of fused-ring (bicyclic) bond motifs is 5. The van der Waals surface area contributed by atoms with Gasteiger partial charge in [-0.2, -0.15) is 9.61 Å². The number of ether oxygens (including phenoxy) is 2. The number of thiophene rings is 1. The summed E-state index contributed by atoms with van der Waals surface area (Å²) >= 11 is 1.74. The molecule has 2 aliphatic heterocycles. The van der Waals surface area contributed by atoms with Gasteiger partial charge in [0.15, 0.2) is 5.65 Å². The second-order valence-electron chi connectivity index (χ2n) is 8.96. The van der Waals surface area contributed by atoms with E-state index in [1.54, 1.807) is 18.4 Å². The largest absolute Gasteiger partial charge is 0.497 e. The molecule has 1 saturated heterocycles. The number of aromatic nitrogens is 4. The van der Waals surface area contributed by atoms with Gasteiger partial charge in [0.05, 0.1) is 25.6 Å². The topological polar surface area (TPSA) is 73.9 Å². The van der Waals surface area contributed by atoms with E-state index >= 15 is 0 Å². The van der Waals surface area contributed by atoms with Crippen LogP contribution in [0.15, 0.2) is 35.4 Å². The maximum Gasteiger partial charge on any atom is 0.352 e. The SMILES string of the molecule is COc1ccc(Cn2c(=O)n3ncnc3c3c4c(sc32)CN(CC2CCCOC2)CC4)cc1. The number of nitrogens with zero attached hydrogens (tertiary/aromatic N) is 5. The normalized spacial score (nSPS) is 19.2. The lowest BCUT2D eigenvalue weighted by molar-refractivity contribution is 0.0366. The Morgan fingerprint density at radius 2 is 2.15 bits per heavy atom. The summed E-state index contributed by atoms with van der Waals surface area (Å²) in [4.78, 5) is 22.7. The Kier molecular flexibility index (Phi) is 5.40. The first kappa shape index (κ1) is 20.8. The lowest BCUT2D eigenvalue weighted by atomic mass is 9.99. The molecule has 1 aromatic carbocycles. The van der Waals surface area contributed by atoms with E-state index in [4.69, 9.17) is 9.47 Å². The molecule has 8 nitrogen and oxygen atoms in total. The molecule has 0 saturated carbocycles. The van der Waals surface area contributed by atoms with Gasteiger partial charge in [0.2, 0.25) is 0 Å². The fourth-order valence-electron chi connectivity index (χ4n) is 5.14. The maximum atomic E-state index is 13.4. The first-order valence-electron chi connectivity index (χ1n) is 11.5. The zero-order valence-corrected chi connectivity index (χ0v) is 19.5. The zero-order valence-electron chi connectivity index (χ0n) is 18.7. The minimum atomic E-state index is -0.152. The van der Waals surface area contributed by atoms with Crippen LogP contribution in [-0.4, -0.2) is 57.5 Å². The van der Waals surface area contributed by atoms with Gasteiger partial charge in [-0.25, -0.2) is 9.78 Å². The molecule has 4 aromatic rings. The van der Waals surface area contributed by atoms with Gasteiger partial charge < -0.3 is 9.47 Å². The van der Waals surface area contributed by atoms with Crippen LogP contribution >= 0.6 is 11.3 Å². The molecule has 3 aromatic heterocycles. The molecule has 0 spiro atoms. The molecule has 9 heteroatoms. The van der Waals surface area contributed by atoms with Gasteiger partial charge in [-0.05, 0) is 48.4 Å². The summed E-state index contributed by atoms with van der Waals surface area (Å²) in [6, 6.07) is 7.87. The zero-order chi connectivity index (χ0) is 22.4. The number of hydrogen-bond donors (Lipinski definition) is 0. The molecule has 0 N–H and O–H groups in total. The Bertz CT molecular complexity index is 1350. The van der Waals surface area contributed by atoms with Gasteiger partial charge in [0.25, 0.3) is 0 Å². The standard InChI is InChI=1S/C24H27N5O3S/c1-31-18-6-4-16(5-7-18)12-28-23-21(22-25-15-26-29(22)24(28)30)19-8-9-27(13-20(19)33-23)11-17-3-2-10-32-14-17/h4-7,15,17H,2-3,8-14H2,1H3. The highest BCUT2D eigenvalue weighted by Crippen LogP contribution is 2.37. The molecule has 33 heavy (non-hydrogen) atoms. The number of hydrogen-bond acceptors (Lipinski definition) is 7. The molecule has 0 radical (unpaired) electrons. The smallest absolute Gasteiger partial charge is 0.352 e. The first-order valence-corrected chi connectivity index (χ1v) is 12.3. The summed E-state index contributed by atoms with van der Waals surface area (Å²) in [5.41, 5.74) is 2.89. The molecular formula is C24H27N5O3S. The van der Waals surface area contributed by atoms with E-state index in [-0.39, 0.29) is 5.69 Å². The van der Waals surface area contributed by atoms with E-state index in [0.29, 0.717) is 18.1 Å². The van der Waals surface area contributed by atoms with Crippen LogP contribution in [0.3, 0.4) is 0 Å². The van der Waals surface area contributed by atoms with Crippen molar-refractivity contribution < 1.29 is 9.47 Å². The lowest BCUT2D eigenvalue weighted by Gasteiger charge is -2.32. The van der Waals surface area contributed by atoms with Crippen LogP contribution in [0.25, 0.3) is 15.9 Å². The second-order valence-corrected chi connectivity index (χ2v) is 10.0. The van der Waals surface area contributed by atoms with E-state index < -0.39 is 0 Å². The van der Waals surface area contributed by atoms with Crippen LogP contribution in [0.2, 0.25) is 0 Å². The Morgan fingerprint density at radius 3 is 2.94 bits per heavy atom. The van der Waals surface area contributed by atoms with E-state index in [9.17, 15) is 4.79 Å². The van der Waals surface area contributed by atoms with Crippen LogP contribution in [0.1, 0.15) is 28.8 Å². The monoisotopic (exact) mass is 465 g/mol. The van der Waals surface area contributed by atoms with Gasteiger partial charge in [0, 0.05) is 31.1 Å². The summed E-state index contributed by atoms with van der Waals surface area (Å²) in [5, 5.41) is 5.34. The third-order valence-corrected chi connectivity index (χ3v) is 8.06. The highest BCUT2D eigenvalue weighted by molar-refractivity contribution is 7.19. The molecule has 1 fully saturated rings. The Hall–Kier alpha value is -2.75. The molecule has 1 atom stereocenters. The van der Waals surface area contributed by atoms with Gasteiger partial charge >= 0.3 is 5.69 Å². The van der Waals surface area contributed by atoms with Gasteiger partial charge in [0.1, 0.15) is 16.9 Å². The Morgan fingerprint density at radius 1 is 1.27 bits per heavy atom. The van der Waals surface area contributed by atoms with Crippen molar-refractivity contribution in [2.75, 3.05) is 33.4 Å². The predicted octanol–water partition coefficient (Wildman–Crippen LogP) is 2.95. The summed E-state index contributed by atoms with van der Waals surface area (Å²) in [5.74, 6) is 1.42. The molecule has 0 aliphatic carbocycles. The van der Waals surface area contributed by atoms with Crippen LogP contribution in [0, 0.1) is 5.92 Å². The minimum Gasteiger partial charge on any atom is -0.497 e. The van der Waals surface area contributed by atoms with Crippen molar-refractivity contribution in [3.8, 4) is 5.75 Å². The molecule has 2 aliphatic rings. The number of rotatable bonds is 5. The first-order chi connectivity index (χ1) is 16.2. The highest BCUT2D eigenvalue weighted by atomic mass is 32.1. The lowest BCUT2D eigenvalue weighted by Crippen LogP contribution is -2.36. The third kappa shape index (κ3) is 3.74. The predicted molar refractivity (Wildman–Crippen MR) is 127 cm³/mol. The van der Waals surface area contributed by atoms with E-state index in [1.807, 2.05) is 28.8 Å². The van der Waals surface area contributed by atoms with Gasteiger partial charge in [-0.15, -0.1) is 11.3 Å². The van der Waals surface area contributed by atoms with Crippen molar-refractivity contribution >= 4 is 27.2 Å². The van der Waals surface area contributed by atoms with Crippen molar-refractivity contribution in [2.24, 2.45) is 5.92 Å². The average molecular weight is 466 g/mol. The summed E-state index contributed by atoms with van der Waals surface area (Å²) in [6.45, 7) is 5.27. The summed E-state index contributed by atoms with van der Waals surface area (Å²) in [7, 11) is 1.66. The summed E-state index contributed by atoms with van der Waals surface area (Å²) < 4.78 is 14.3. The Labute approximate surface area is 195 Å². The van der Waals surface area contributed by atoms with Crippen molar-refractivity contribution in [3.05, 3.63) is 57.1 Å². The Balaban J connectivity index is 1.39. The van der Waals surface area contributed by atoms with E-state index in [2.05, 4.69) is 15.0 Å². The molecule has 6 rings (SSSR count). The average Bonchev–Trinajstić information content (AvgIpc) is 3.47. The van der Waals surface area contributed by atoms with Gasteiger partial charge in [-0.1, -0.05) is 12.1 Å². The summed E-state index contributed by atoms with van der Waals surface area (Å²) in [6.07, 6.45) is 4.86. The maximum absolute atomic E-state index is 13.4. The van der Waals surface area contributed by atoms with Crippen molar-refractivity contribution in [1.82, 2.24) is 24.1 Å². The van der Waals surface area contributed by atoms with Crippen LogP contribution in [-0.2, 0) is 24.2 Å². The second kappa shape index (κ2) is 8.55. The van der Waals surface area contributed by atoms with Crippen molar-refractivity contribution in [1.29, 1.82) is 0 Å². The molecule has 5 heterocycles. The fraction of sp³-hybridized carbons (Fsp3) is 0.458. The van der Waals surface area contributed by atoms with Crippen LogP contribution in [0.5, 0.6) is 5.75 Å². The molecule has 0 amide bonds. The van der Waals surface area contributed by atoms with E-state index in [1.165, 1.54) is 27.7 Å². The molecular weight excluding hydrogens is 438 g/mol. The molecule has 1 unspecified atom stereocenters. The van der Waals surface area contributed by atoms with Crippen molar-refractivity contribution in [3.63, 3.8) is 0 Å². The highest BCUT2D eigenvalue weighted by Gasteiger charge is 2.27. The van der Waals surface area contributed by atoms with Crippen molar-refractivity contribution in [2.45, 2.75) is 32.4 Å². The van der Waals surface area contributed by atoms with E-state index in [0.717, 1.165) is 67.2 Å². The molecule has 172 valence electrons. The van der Waals surface area contributed by atoms with Crippen LogP contribution in [0.4, 0.5) is 0 Å². The minimum absolute atomic E-state index is 0.152. The number of methoxy groups -OCH3 is 1. The quantitative estimate of drug-likeness (QED) is 0.451. The third-order valence-electron chi connectivity index (χ3n) is 6.82. The van der Waals surface area contributed by atoms with Crippen LogP contribution < -0.4 is 10.4 Å². The molecule has 0 bridgehead atoms.